The summed E-state index contributed by atoms with van der Waals surface area (Å²) in [5, 5.41) is 5.76. The molecule has 0 bridgehead atoms. The largest absolute Gasteiger partial charge is 0.462 e. The van der Waals surface area contributed by atoms with E-state index >= 15 is 0 Å². The monoisotopic (exact) mass is 537 g/mol. The number of nitrogens with one attached hydrogen (secondary N) is 2. The highest BCUT2D eigenvalue weighted by molar-refractivity contribution is 6.53. The van der Waals surface area contributed by atoms with Gasteiger partial charge in [0, 0.05) is 22.0 Å². The van der Waals surface area contributed by atoms with Crippen LogP contribution in [-0.2, 0) is 14.3 Å². The third-order valence-electron chi connectivity index (χ3n) is 5.56. The zero-order valence-corrected chi connectivity index (χ0v) is 21.3. The van der Waals surface area contributed by atoms with Crippen LogP contribution in [0.25, 0.3) is 0 Å². The summed E-state index contributed by atoms with van der Waals surface area (Å²) in [6.07, 6.45) is 0. The minimum absolute atomic E-state index is 0.0842. The molecule has 0 spiro atoms. The molecule has 2 N–H and O–H groups in total. The van der Waals surface area contributed by atoms with Gasteiger partial charge in [0.2, 0.25) is 0 Å². The van der Waals surface area contributed by atoms with Crippen LogP contribution in [0.15, 0.2) is 77.5 Å². The Kier molecular flexibility index (Phi) is 7.61. The van der Waals surface area contributed by atoms with E-state index in [2.05, 4.69) is 10.6 Å². The van der Waals surface area contributed by atoms with Crippen molar-refractivity contribution in [3.63, 3.8) is 0 Å². The van der Waals surface area contributed by atoms with E-state index in [9.17, 15) is 19.2 Å². The van der Waals surface area contributed by atoms with Crippen LogP contribution in [0, 0.1) is 6.92 Å². The van der Waals surface area contributed by atoms with E-state index in [1.54, 1.807) is 74.5 Å². The SMILES string of the molecule is CCOC(=O)c1cccc(NC(=O)c2ccc(NC3=C(Cl)C(=O)N(c4cccc(Cl)c4C)C3=O)cc2)c1. The highest BCUT2D eigenvalue weighted by Crippen LogP contribution is 2.34. The highest BCUT2D eigenvalue weighted by Gasteiger charge is 2.39. The Balaban J connectivity index is 1.47. The molecule has 1 aliphatic heterocycles. The smallest absolute Gasteiger partial charge is 0.338 e. The average molecular weight is 538 g/mol. The maximum Gasteiger partial charge on any atom is 0.338 e. The third kappa shape index (κ3) is 5.35. The van der Waals surface area contributed by atoms with Gasteiger partial charge in [-0.15, -0.1) is 0 Å². The van der Waals surface area contributed by atoms with Gasteiger partial charge in [0.25, 0.3) is 17.7 Å². The fourth-order valence-electron chi connectivity index (χ4n) is 3.66. The lowest BCUT2D eigenvalue weighted by molar-refractivity contribution is -0.120. The van der Waals surface area contributed by atoms with Crippen LogP contribution < -0.4 is 15.5 Å². The van der Waals surface area contributed by atoms with Gasteiger partial charge < -0.3 is 15.4 Å². The highest BCUT2D eigenvalue weighted by atomic mass is 35.5. The standard InChI is InChI=1S/C27H21Cl2N3O5/c1-3-37-27(36)17-6-4-7-19(14-17)31-24(33)16-10-12-18(13-11-16)30-23-22(29)25(34)32(26(23)35)21-9-5-8-20(28)15(21)2/h4-14,30H,3H2,1-2H3,(H,31,33). The number of imide groups is 1. The summed E-state index contributed by atoms with van der Waals surface area (Å²) in [7, 11) is 0. The van der Waals surface area contributed by atoms with Crippen molar-refractivity contribution in [2.24, 2.45) is 0 Å². The first-order valence-electron chi connectivity index (χ1n) is 11.2. The van der Waals surface area contributed by atoms with Gasteiger partial charge in [0.1, 0.15) is 10.7 Å². The topological polar surface area (TPSA) is 105 Å². The van der Waals surface area contributed by atoms with Gasteiger partial charge in [-0.05, 0) is 74.0 Å². The van der Waals surface area contributed by atoms with Crippen molar-refractivity contribution in [3.05, 3.63) is 99.2 Å². The molecule has 0 saturated carbocycles. The van der Waals surface area contributed by atoms with Crippen LogP contribution in [0.5, 0.6) is 0 Å². The maximum absolute atomic E-state index is 13.0. The normalized spacial score (nSPS) is 13.1. The van der Waals surface area contributed by atoms with E-state index in [-0.39, 0.29) is 17.3 Å². The van der Waals surface area contributed by atoms with Gasteiger partial charge in [0.05, 0.1) is 17.9 Å². The molecular weight excluding hydrogens is 517 g/mol. The summed E-state index contributed by atoms with van der Waals surface area (Å²) in [5.41, 5.74) is 2.36. The number of rotatable bonds is 7. The molecule has 3 aromatic carbocycles. The van der Waals surface area contributed by atoms with Crippen LogP contribution in [0.3, 0.4) is 0 Å². The van der Waals surface area contributed by atoms with Gasteiger partial charge in [-0.1, -0.05) is 35.3 Å². The quantitative estimate of drug-likeness (QED) is 0.304. The number of anilines is 3. The molecule has 0 unspecified atom stereocenters. The summed E-state index contributed by atoms with van der Waals surface area (Å²) in [6.45, 7) is 3.66. The zero-order valence-electron chi connectivity index (χ0n) is 19.8. The minimum atomic E-state index is -0.666. The summed E-state index contributed by atoms with van der Waals surface area (Å²) < 4.78 is 4.98. The second-order valence-corrected chi connectivity index (χ2v) is 8.76. The summed E-state index contributed by atoms with van der Waals surface area (Å²) >= 11 is 12.4. The maximum atomic E-state index is 13.0. The van der Waals surface area contributed by atoms with Crippen LogP contribution in [0.1, 0.15) is 33.2 Å². The molecule has 0 fully saturated rings. The van der Waals surface area contributed by atoms with Crippen LogP contribution >= 0.6 is 23.2 Å². The van der Waals surface area contributed by atoms with E-state index in [1.807, 2.05) is 0 Å². The molecule has 37 heavy (non-hydrogen) atoms. The van der Waals surface area contributed by atoms with Crippen molar-refractivity contribution in [1.82, 2.24) is 0 Å². The average Bonchev–Trinajstić information content (AvgIpc) is 3.09. The Bertz CT molecular complexity index is 1450. The molecule has 1 aliphatic rings. The third-order valence-corrected chi connectivity index (χ3v) is 6.32. The van der Waals surface area contributed by atoms with Crippen LogP contribution in [-0.4, -0.2) is 30.3 Å². The van der Waals surface area contributed by atoms with Crippen molar-refractivity contribution in [3.8, 4) is 0 Å². The van der Waals surface area contributed by atoms with Gasteiger partial charge in [-0.2, -0.15) is 0 Å². The Morgan fingerprint density at radius 3 is 2.30 bits per heavy atom. The summed E-state index contributed by atoms with van der Waals surface area (Å²) in [4.78, 5) is 51.4. The first-order chi connectivity index (χ1) is 17.7. The number of halogens is 2. The molecule has 3 amide bonds. The molecule has 0 aromatic heterocycles. The predicted octanol–water partition coefficient (Wildman–Crippen LogP) is 5.51. The lowest BCUT2D eigenvalue weighted by Crippen LogP contribution is -2.32. The molecule has 188 valence electrons. The van der Waals surface area contributed by atoms with E-state index in [0.717, 1.165) is 4.90 Å². The molecule has 10 heteroatoms. The number of hydrogen-bond donors (Lipinski definition) is 2. The van der Waals surface area contributed by atoms with E-state index < -0.39 is 23.7 Å². The number of amides is 3. The van der Waals surface area contributed by atoms with Crippen molar-refractivity contribution < 1.29 is 23.9 Å². The molecule has 3 aromatic rings. The van der Waals surface area contributed by atoms with Crippen LogP contribution in [0.2, 0.25) is 5.02 Å². The lowest BCUT2D eigenvalue weighted by atomic mass is 10.1. The van der Waals surface area contributed by atoms with Gasteiger partial charge in [-0.25, -0.2) is 9.69 Å². The number of esters is 1. The second-order valence-electron chi connectivity index (χ2n) is 7.98. The summed E-state index contributed by atoms with van der Waals surface area (Å²) in [6, 6.07) is 17.6. The first-order valence-corrected chi connectivity index (χ1v) is 12.0. The van der Waals surface area contributed by atoms with Crippen molar-refractivity contribution in [2.75, 3.05) is 22.1 Å². The molecule has 0 aliphatic carbocycles. The molecule has 0 atom stereocenters. The number of ether oxygens (including phenoxy) is 1. The fraction of sp³-hybridized carbons (Fsp3) is 0.111. The molecule has 8 nitrogen and oxygen atoms in total. The molecule has 0 radical (unpaired) electrons. The van der Waals surface area contributed by atoms with Gasteiger partial charge >= 0.3 is 5.97 Å². The van der Waals surface area contributed by atoms with E-state index in [4.69, 9.17) is 27.9 Å². The van der Waals surface area contributed by atoms with Crippen LogP contribution in [0.4, 0.5) is 17.1 Å². The lowest BCUT2D eigenvalue weighted by Gasteiger charge is -2.18. The van der Waals surface area contributed by atoms with Gasteiger partial charge in [-0.3, -0.25) is 14.4 Å². The number of carbonyl (C=O) groups excluding carboxylic acids is 4. The van der Waals surface area contributed by atoms with Crippen molar-refractivity contribution in [2.45, 2.75) is 13.8 Å². The molecule has 4 rings (SSSR count). The summed E-state index contributed by atoms with van der Waals surface area (Å²) in [5.74, 6) is -2.17. The zero-order chi connectivity index (χ0) is 26.7. The number of hydrogen-bond acceptors (Lipinski definition) is 6. The van der Waals surface area contributed by atoms with Crippen molar-refractivity contribution >= 4 is 64.0 Å². The first kappa shape index (κ1) is 25.9. The fourth-order valence-corrected chi connectivity index (χ4v) is 4.04. The Morgan fingerprint density at radius 2 is 1.59 bits per heavy atom. The second kappa shape index (κ2) is 10.9. The molecule has 0 saturated heterocycles. The van der Waals surface area contributed by atoms with E-state index in [1.165, 1.54) is 6.07 Å². The number of nitrogens with zero attached hydrogens (tertiary/aromatic N) is 1. The number of benzene rings is 3. The Morgan fingerprint density at radius 1 is 0.892 bits per heavy atom. The Hall–Kier alpha value is -4.14. The van der Waals surface area contributed by atoms with Gasteiger partial charge in [0.15, 0.2) is 0 Å². The van der Waals surface area contributed by atoms with Crippen molar-refractivity contribution in [1.29, 1.82) is 0 Å². The molecule has 1 heterocycles. The van der Waals surface area contributed by atoms with E-state index in [0.29, 0.717) is 38.8 Å². The minimum Gasteiger partial charge on any atom is -0.462 e. The predicted molar refractivity (Wildman–Crippen MR) is 142 cm³/mol. The molecular formula is C27H21Cl2N3O5. The Labute approximate surface area is 222 Å². The number of carbonyl (C=O) groups is 4.